The Labute approximate surface area is 93.3 Å². The highest BCUT2D eigenvalue weighted by molar-refractivity contribution is 5.81. The lowest BCUT2D eigenvalue weighted by molar-refractivity contribution is -0.129. The van der Waals surface area contributed by atoms with Crippen molar-refractivity contribution in [2.24, 2.45) is 0 Å². The van der Waals surface area contributed by atoms with Crippen LogP contribution in [0.5, 0.6) is 0 Å². The van der Waals surface area contributed by atoms with E-state index in [1.54, 1.807) is 18.2 Å². The van der Waals surface area contributed by atoms with Crippen LogP contribution in [0.2, 0.25) is 0 Å². The van der Waals surface area contributed by atoms with E-state index < -0.39 is 17.6 Å². The van der Waals surface area contributed by atoms with E-state index in [9.17, 15) is 9.18 Å². The van der Waals surface area contributed by atoms with Crippen LogP contribution in [0.15, 0.2) is 24.3 Å². The minimum Gasteiger partial charge on any atom is -0.384 e. The third-order valence-electron chi connectivity index (χ3n) is 2.88. The Morgan fingerprint density at radius 3 is 2.62 bits per heavy atom. The van der Waals surface area contributed by atoms with Crippen molar-refractivity contribution >= 4 is 5.91 Å². The Morgan fingerprint density at radius 1 is 1.50 bits per heavy atom. The number of benzene rings is 1. The molecule has 0 heterocycles. The van der Waals surface area contributed by atoms with Crippen molar-refractivity contribution in [3.05, 3.63) is 35.6 Å². The monoisotopic (exact) mass is 223 g/mol. The first kappa shape index (κ1) is 11.1. The second-order valence-corrected chi connectivity index (χ2v) is 4.23. The number of amides is 1. The summed E-state index contributed by atoms with van der Waals surface area (Å²) in [6, 6.07) is 6.41. The van der Waals surface area contributed by atoms with Gasteiger partial charge in [-0.3, -0.25) is 4.79 Å². The smallest absolute Gasteiger partial charge is 0.249 e. The van der Waals surface area contributed by atoms with Gasteiger partial charge in [0.15, 0.2) is 0 Å². The van der Waals surface area contributed by atoms with Crippen LogP contribution in [0.3, 0.4) is 0 Å². The molecule has 1 atom stereocenters. The van der Waals surface area contributed by atoms with E-state index in [0.717, 1.165) is 0 Å². The number of aliphatic hydroxyl groups is 1. The average Bonchev–Trinajstić information content (AvgIpc) is 2.99. The number of nitrogens with one attached hydrogen (secondary N) is 1. The van der Waals surface area contributed by atoms with Crippen LogP contribution in [0.1, 0.15) is 25.3 Å². The number of hydrogen-bond acceptors (Lipinski definition) is 2. The molecule has 0 aromatic heterocycles. The van der Waals surface area contributed by atoms with Crippen molar-refractivity contribution in [1.29, 1.82) is 0 Å². The summed E-state index contributed by atoms with van der Waals surface area (Å²) in [5.41, 5.74) is -0.0941. The van der Waals surface area contributed by atoms with Crippen molar-refractivity contribution in [2.75, 3.05) is 0 Å². The second-order valence-electron chi connectivity index (χ2n) is 4.23. The van der Waals surface area contributed by atoms with Gasteiger partial charge < -0.3 is 10.4 Å². The zero-order valence-electron chi connectivity index (χ0n) is 9.03. The Bertz CT molecular complexity index is 413. The van der Waals surface area contributed by atoms with Crippen LogP contribution < -0.4 is 5.32 Å². The zero-order valence-corrected chi connectivity index (χ0v) is 9.03. The van der Waals surface area contributed by atoms with E-state index >= 15 is 0 Å². The lowest BCUT2D eigenvalue weighted by atomic mass is 10.0. The maximum Gasteiger partial charge on any atom is 0.249 e. The van der Waals surface area contributed by atoms with Gasteiger partial charge in [-0.15, -0.1) is 0 Å². The number of rotatable bonds is 3. The van der Waals surface area contributed by atoms with Gasteiger partial charge in [-0.1, -0.05) is 18.2 Å². The Kier molecular flexibility index (Phi) is 2.68. The average molecular weight is 223 g/mol. The molecule has 3 nitrogen and oxygen atoms in total. The van der Waals surface area contributed by atoms with Crippen molar-refractivity contribution in [3.63, 3.8) is 0 Å². The highest BCUT2D eigenvalue weighted by atomic mass is 19.1. The molecule has 2 rings (SSSR count). The van der Waals surface area contributed by atoms with E-state index in [0.29, 0.717) is 18.4 Å². The predicted molar refractivity (Wildman–Crippen MR) is 57.1 cm³/mol. The summed E-state index contributed by atoms with van der Waals surface area (Å²) in [7, 11) is 0. The summed E-state index contributed by atoms with van der Waals surface area (Å²) in [5, 5.41) is 11.8. The van der Waals surface area contributed by atoms with Crippen molar-refractivity contribution in [2.45, 2.75) is 31.4 Å². The van der Waals surface area contributed by atoms with E-state index in [2.05, 4.69) is 5.32 Å². The maximum atomic E-state index is 13.6. The fourth-order valence-corrected chi connectivity index (χ4v) is 1.78. The molecule has 0 saturated heterocycles. The van der Waals surface area contributed by atoms with Gasteiger partial charge in [0.05, 0.1) is 5.54 Å². The Balaban J connectivity index is 2.21. The maximum absolute atomic E-state index is 13.6. The molecular formula is C12H14FNO2. The molecule has 1 aromatic carbocycles. The summed E-state index contributed by atoms with van der Waals surface area (Å²) in [4.78, 5) is 11.4. The Hall–Kier alpha value is -1.42. The standard InChI is InChI=1S/C12H14FNO2/c1-8(15)11(16)14-12(6-7-12)9-4-2-3-5-10(9)13/h2-5,8,15H,6-7H2,1H3,(H,14,16). The fraction of sp³-hybridized carbons (Fsp3) is 0.417. The minimum absolute atomic E-state index is 0.314. The first-order valence-electron chi connectivity index (χ1n) is 5.30. The summed E-state index contributed by atoms with van der Waals surface area (Å²) in [5.74, 6) is -0.772. The molecule has 16 heavy (non-hydrogen) atoms. The lowest BCUT2D eigenvalue weighted by Crippen LogP contribution is -2.40. The summed E-state index contributed by atoms with van der Waals surface area (Å²) < 4.78 is 13.6. The molecule has 2 N–H and O–H groups in total. The quantitative estimate of drug-likeness (QED) is 0.811. The highest BCUT2D eigenvalue weighted by Gasteiger charge is 2.47. The zero-order chi connectivity index (χ0) is 11.8. The van der Waals surface area contributed by atoms with Crippen LogP contribution in [0, 0.1) is 5.82 Å². The minimum atomic E-state index is -1.07. The molecule has 1 fully saturated rings. The van der Waals surface area contributed by atoms with Crippen LogP contribution in [0.25, 0.3) is 0 Å². The molecule has 4 heteroatoms. The third kappa shape index (κ3) is 1.93. The molecule has 1 aliphatic rings. The fourth-order valence-electron chi connectivity index (χ4n) is 1.78. The normalized spacial score (nSPS) is 18.9. The molecule has 1 saturated carbocycles. The first-order valence-corrected chi connectivity index (χ1v) is 5.30. The van der Waals surface area contributed by atoms with E-state index in [4.69, 9.17) is 5.11 Å². The molecule has 1 unspecified atom stereocenters. The topological polar surface area (TPSA) is 49.3 Å². The van der Waals surface area contributed by atoms with Gasteiger partial charge in [0, 0.05) is 5.56 Å². The molecule has 0 radical (unpaired) electrons. The van der Waals surface area contributed by atoms with Gasteiger partial charge in [0.2, 0.25) is 5.91 Å². The number of carbonyl (C=O) groups excluding carboxylic acids is 1. The SMILES string of the molecule is CC(O)C(=O)NC1(c2ccccc2F)CC1. The van der Waals surface area contributed by atoms with Crippen LogP contribution in [-0.2, 0) is 10.3 Å². The van der Waals surface area contributed by atoms with Crippen LogP contribution >= 0.6 is 0 Å². The summed E-state index contributed by atoms with van der Waals surface area (Å²) in [6.45, 7) is 1.40. The van der Waals surface area contributed by atoms with Crippen molar-refractivity contribution in [1.82, 2.24) is 5.32 Å². The molecular weight excluding hydrogens is 209 g/mol. The van der Waals surface area contributed by atoms with Crippen molar-refractivity contribution < 1.29 is 14.3 Å². The predicted octanol–water partition coefficient (Wildman–Crippen LogP) is 1.31. The highest BCUT2D eigenvalue weighted by Crippen LogP contribution is 2.46. The molecule has 1 aliphatic carbocycles. The molecule has 86 valence electrons. The van der Waals surface area contributed by atoms with Gasteiger partial charge in [0.25, 0.3) is 0 Å². The molecule has 1 amide bonds. The Morgan fingerprint density at radius 2 is 2.12 bits per heavy atom. The molecule has 0 spiro atoms. The first-order chi connectivity index (χ1) is 7.55. The number of carbonyl (C=O) groups is 1. The van der Waals surface area contributed by atoms with Crippen LogP contribution in [-0.4, -0.2) is 17.1 Å². The van der Waals surface area contributed by atoms with Crippen molar-refractivity contribution in [3.8, 4) is 0 Å². The van der Waals surface area contributed by atoms with Gasteiger partial charge in [-0.05, 0) is 25.8 Å². The third-order valence-corrected chi connectivity index (χ3v) is 2.88. The van der Waals surface area contributed by atoms with E-state index in [1.807, 2.05) is 0 Å². The number of hydrogen-bond donors (Lipinski definition) is 2. The molecule has 0 aliphatic heterocycles. The number of aliphatic hydroxyl groups excluding tert-OH is 1. The number of halogens is 1. The van der Waals surface area contributed by atoms with Gasteiger partial charge in [-0.2, -0.15) is 0 Å². The van der Waals surface area contributed by atoms with Gasteiger partial charge >= 0.3 is 0 Å². The van der Waals surface area contributed by atoms with E-state index in [1.165, 1.54) is 13.0 Å². The lowest BCUT2D eigenvalue weighted by Gasteiger charge is -2.19. The van der Waals surface area contributed by atoms with E-state index in [-0.39, 0.29) is 5.82 Å². The summed E-state index contributed by atoms with van der Waals surface area (Å²) >= 11 is 0. The molecule has 0 bridgehead atoms. The summed E-state index contributed by atoms with van der Waals surface area (Å²) in [6.07, 6.45) is 0.364. The van der Waals surface area contributed by atoms with Crippen LogP contribution in [0.4, 0.5) is 4.39 Å². The second kappa shape index (κ2) is 3.87. The van der Waals surface area contributed by atoms with Gasteiger partial charge in [-0.25, -0.2) is 4.39 Å². The molecule has 1 aromatic rings. The van der Waals surface area contributed by atoms with Gasteiger partial charge in [0.1, 0.15) is 11.9 Å². The largest absolute Gasteiger partial charge is 0.384 e.